The lowest BCUT2D eigenvalue weighted by atomic mass is 10.1. The first-order valence-corrected chi connectivity index (χ1v) is 7.93. The lowest BCUT2D eigenvalue weighted by Crippen LogP contribution is -2.22. The van der Waals surface area contributed by atoms with E-state index in [-0.39, 0.29) is 11.6 Å². The summed E-state index contributed by atoms with van der Waals surface area (Å²) < 4.78 is 19.4. The molecule has 0 spiro atoms. The summed E-state index contributed by atoms with van der Waals surface area (Å²) in [7, 11) is 0. The van der Waals surface area contributed by atoms with Crippen LogP contribution in [0.2, 0.25) is 0 Å². The molecule has 5 heteroatoms. The number of furan rings is 1. The Bertz CT molecular complexity index is 845. The van der Waals surface area contributed by atoms with Gasteiger partial charge >= 0.3 is 5.97 Å². The first-order chi connectivity index (χ1) is 12.1. The van der Waals surface area contributed by atoms with Gasteiger partial charge in [-0.2, -0.15) is 0 Å². The van der Waals surface area contributed by atoms with Crippen molar-refractivity contribution in [1.82, 2.24) is 4.90 Å². The van der Waals surface area contributed by atoms with Crippen molar-refractivity contribution in [3.63, 3.8) is 0 Å². The van der Waals surface area contributed by atoms with Gasteiger partial charge in [-0.1, -0.05) is 48.5 Å². The van der Waals surface area contributed by atoms with Gasteiger partial charge in [-0.05, 0) is 23.8 Å². The van der Waals surface area contributed by atoms with Gasteiger partial charge < -0.3 is 9.52 Å². The summed E-state index contributed by atoms with van der Waals surface area (Å²) in [6, 6.07) is 19.6. The van der Waals surface area contributed by atoms with E-state index in [1.807, 2.05) is 35.2 Å². The van der Waals surface area contributed by atoms with Crippen LogP contribution in [0.1, 0.15) is 27.4 Å². The lowest BCUT2D eigenvalue weighted by molar-refractivity contribution is 0.0658. The van der Waals surface area contributed by atoms with E-state index >= 15 is 0 Å². The van der Waals surface area contributed by atoms with Crippen LogP contribution in [-0.2, 0) is 19.6 Å². The monoisotopic (exact) mass is 339 g/mol. The molecule has 0 saturated carbocycles. The minimum absolute atomic E-state index is 0.0967. The molecule has 1 heterocycles. The van der Waals surface area contributed by atoms with Gasteiger partial charge in [-0.3, -0.25) is 4.90 Å². The number of aromatic carboxylic acids is 1. The summed E-state index contributed by atoms with van der Waals surface area (Å²) in [4.78, 5) is 13.0. The second kappa shape index (κ2) is 7.77. The Kier molecular flexibility index (Phi) is 5.26. The van der Waals surface area contributed by atoms with E-state index in [9.17, 15) is 9.18 Å². The Morgan fingerprint density at radius 3 is 2.32 bits per heavy atom. The number of nitrogens with zero attached hydrogens (tertiary/aromatic N) is 1. The molecule has 2 aromatic carbocycles. The quantitative estimate of drug-likeness (QED) is 0.696. The summed E-state index contributed by atoms with van der Waals surface area (Å²) in [6.07, 6.45) is 0. The Labute approximate surface area is 145 Å². The average molecular weight is 339 g/mol. The number of carboxylic acids is 1. The molecular formula is C20H18FNO3. The van der Waals surface area contributed by atoms with E-state index in [4.69, 9.17) is 9.52 Å². The molecule has 3 aromatic rings. The van der Waals surface area contributed by atoms with Gasteiger partial charge in [0.2, 0.25) is 5.76 Å². The molecule has 0 aliphatic carbocycles. The smallest absolute Gasteiger partial charge is 0.371 e. The van der Waals surface area contributed by atoms with Crippen LogP contribution in [0, 0.1) is 5.82 Å². The molecule has 3 rings (SSSR count). The average Bonchev–Trinajstić information content (AvgIpc) is 3.07. The molecular weight excluding hydrogens is 321 g/mol. The van der Waals surface area contributed by atoms with Crippen molar-refractivity contribution in [3.05, 3.63) is 95.2 Å². The van der Waals surface area contributed by atoms with E-state index in [0.29, 0.717) is 31.0 Å². The van der Waals surface area contributed by atoms with Crippen molar-refractivity contribution >= 4 is 5.97 Å². The van der Waals surface area contributed by atoms with E-state index in [1.165, 1.54) is 12.1 Å². The van der Waals surface area contributed by atoms with Gasteiger partial charge in [-0.25, -0.2) is 9.18 Å². The van der Waals surface area contributed by atoms with Gasteiger partial charge in [-0.15, -0.1) is 0 Å². The largest absolute Gasteiger partial charge is 0.475 e. The predicted molar refractivity (Wildman–Crippen MR) is 91.5 cm³/mol. The maximum absolute atomic E-state index is 14.0. The molecule has 0 atom stereocenters. The summed E-state index contributed by atoms with van der Waals surface area (Å²) in [6.45, 7) is 1.37. The summed E-state index contributed by atoms with van der Waals surface area (Å²) in [5.74, 6) is -0.925. The molecule has 0 unspecified atom stereocenters. The van der Waals surface area contributed by atoms with Gasteiger partial charge in [0.05, 0.1) is 6.54 Å². The van der Waals surface area contributed by atoms with Crippen molar-refractivity contribution in [1.29, 1.82) is 0 Å². The van der Waals surface area contributed by atoms with Gasteiger partial charge in [0.15, 0.2) is 0 Å². The van der Waals surface area contributed by atoms with Crippen LogP contribution in [0.3, 0.4) is 0 Å². The molecule has 0 fully saturated rings. The number of carbonyl (C=O) groups is 1. The molecule has 128 valence electrons. The molecule has 0 bridgehead atoms. The molecule has 0 amide bonds. The van der Waals surface area contributed by atoms with Crippen LogP contribution in [0.25, 0.3) is 0 Å². The van der Waals surface area contributed by atoms with Crippen LogP contribution in [-0.4, -0.2) is 16.0 Å². The third-order valence-electron chi connectivity index (χ3n) is 3.85. The molecule has 25 heavy (non-hydrogen) atoms. The van der Waals surface area contributed by atoms with Gasteiger partial charge in [0.1, 0.15) is 11.6 Å². The van der Waals surface area contributed by atoms with E-state index in [0.717, 1.165) is 5.56 Å². The fraction of sp³-hybridized carbons (Fsp3) is 0.150. The van der Waals surface area contributed by atoms with Gasteiger partial charge in [0.25, 0.3) is 0 Å². The van der Waals surface area contributed by atoms with Crippen molar-refractivity contribution in [2.24, 2.45) is 0 Å². The second-order valence-electron chi connectivity index (χ2n) is 5.79. The van der Waals surface area contributed by atoms with Crippen LogP contribution in [0.15, 0.2) is 71.1 Å². The number of rotatable bonds is 7. The van der Waals surface area contributed by atoms with Crippen LogP contribution in [0.5, 0.6) is 0 Å². The van der Waals surface area contributed by atoms with E-state index in [2.05, 4.69) is 0 Å². The summed E-state index contributed by atoms with van der Waals surface area (Å²) >= 11 is 0. The second-order valence-corrected chi connectivity index (χ2v) is 5.79. The standard InChI is InChI=1S/C20H18FNO3/c21-18-9-5-4-8-16(18)13-22(12-15-6-2-1-3-7-15)14-17-10-11-19(25-17)20(23)24/h1-11H,12-14H2,(H,23,24). The predicted octanol–water partition coefficient (Wildman–Crippen LogP) is 4.32. The van der Waals surface area contributed by atoms with Crippen molar-refractivity contribution in [2.75, 3.05) is 0 Å². The lowest BCUT2D eigenvalue weighted by Gasteiger charge is -2.22. The highest BCUT2D eigenvalue weighted by Gasteiger charge is 2.15. The van der Waals surface area contributed by atoms with Crippen molar-refractivity contribution in [3.8, 4) is 0 Å². The molecule has 4 nitrogen and oxygen atoms in total. The molecule has 0 aliphatic heterocycles. The zero-order chi connectivity index (χ0) is 17.6. The molecule has 1 aromatic heterocycles. The maximum Gasteiger partial charge on any atom is 0.371 e. The summed E-state index contributed by atoms with van der Waals surface area (Å²) in [5.41, 5.74) is 1.67. The van der Waals surface area contributed by atoms with Crippen LogP contribution < -0.4 is 0 Å². The number of carboxylic acid groups (broad SMARTS) is 1. The zero-order valence-corrected chi connectivity index (χ0v) is 13.6. The number of halogens is 1. The maximum atomic E-state index is 14.0. The van der Waals surface area contributed by atoms with Crippen LogP contribution >= 0.6 is 0 Å². The minimum Gasteiger partial charge on any atom is -0.475 e. The Morgan fingerprint density at radius 2 is 1.64 bits per heavy atom. The number of hydrogen-bond donors (Lipinski definition) is 1. The fourth-order valence-corrected chi connectivity index (χ4v) is 2.68. The number of hydrogen-bond acceptors (Lipinski definition) is 3. The van der Waals surface area contributed by atoms with Crippen molar-refractivity contribution in [2.45, 2.75) is 19.6 Å². The Balaban J connectivity index is 1.80. The van der Waals surface area contributed by atoms with E-state index in [1.54, 1.807) is 24.3 Å². The van der Waals surface area contributed by atoms with E-state index < -0.39 is 5.97 Å². The van der Waals surface area contributed by atoms with Gasteiger partial charge in [0, 0.05) is 18.7 Å². The summed E-state index contributed by atoms with van der Waals surface area (Å²) in [5, 5.41) is 8.98. The third kappa shape index (κ3) is 4.55. The first-order valence-electron chi connectivity index (χ1n) is 7.93. The highest BCUT2D eigenvalue weighted by molar-refractivity contribution is 5.84. The SMILES string of the molecule is O=C(O)c1ccc(CN(Cc2ccccc2)Cc2ccccc2F)o1. The fourth-order valence-electron chi connectivity index (χ4n) is 2.68. The zero-order valence-electron chi connectivity index (χ0n) is 13.6. The Hall–Kier alpha value is -2.92. The Morgan fingerprint density at radius 1 is 0.920 bits per heavy atom. The first kappa shape index (κ1) is 16.9. The van der Waals surface area contributed by atoms with Crippen molar-refractivity contribution < 1.29 is 18.7 Å². The molecule has 0 radical (unpaired) electrons. The van der Waals surface area contributed by atoms with Crippen LogP contribution in [0.4, 0.5) is 4.39 Å². The molecule has 0 saturated heterocycles. The molecule has 0 aliphatic rings. The highest BCUT2D eigenvalue weighted by atomic mass is 19.1. The minimum atomic E-state index is -1.10. The third-order valence-corrected chi connectivity index (χ3v) is 3.85. The molecule has 1 N–H and O–H groups in total. The topological polar surface area (TPSA) is 53.7 Å². The normalized spacial score (nSPS) is 11.0. The highest BCUT2D eigenvalue weighted by Crippen LogP contribution is 2.17. The number of benzene rings is 2.